The van der Waals surface area contributed by atoms with Crippen molar-refractivity contribution in [3.05, 3.63) is 11.1 Å². The normalized spacial score (nSPS) is 33.1. The van der Waals surface area contributed by atoms with Crippen molar-refractivity contribution in [3.63, 3.8) is 0 Å². The molecule has 2 unspecified atom stereocenters. The fourth-order valence-electron chi connectivity index (χ4n) is 1.82. The average Bonchev–Trinajstić information content (AvgIpc) is 2.10. The van der Waals surface area contributed by atoms with Crippen LogP contribution in [0.4, 0.5) is 0 Å². The monoisotopic (exact) mass is 186 g/mol. The number of aliphatic hydroxyl groups is 2. The highest BCUT2D eigenvalue weighted by Crippen LogP contribution is 2.42. The molecule has 0 bridgehead atoms. The molecule has 0 saturated heterocycles. The van der Waals surface area contributed by atoms with Crippen LogP contribution in [0.25, 0.3) is 0 Å². The lowest BCUT2D eigenvalue weighted by Crippen LogP contribution is -2.56. The summed E-state index contributed by atoms with van der Waals surface area (Å²) in [6, 6.07) is 0. The van der Waals surface area contributed by atoms with Crippen LogP contribution < -0.4 is 0 Å². The van der Waals surface area contributed by atoms with Crippen molar-refractivity contribution in [1.29, 1.82) is 0 Å². The Labute approximate surface area is 76.5 Å². The van der Waals surface area contributed by atoms with Crippen molar-refractivity contribution in [3.8, 4) is 0 Å². The average molecular weight is 186 g/mol. The zero-order valence-corrected chi connectivity index (χ0v) is 7.74. The first kappa shape index (κ1) is 10.2. The van der Waals surface area contributed by atoms with Crippen molar-refractivity contribution in [1.82, 2.24) is 0 Å². The molecule has 1 rings (SSSR count). The molecular weight excluding hydrogens is 172 g/mol. The predicted octanol–water partition coefficient (Wildman–Crippen LogP) is 0.293. The minimum Gasteiger partial charge on any atom is -0.478 e. The fraction of sp³-hybridized carbons (Fsp3) is 0.667. The van der Waals surface area contributed by atoms with E-state index in [1.165, 1.54) is 0 Å². The molecule has 13 heavy (non-hydrogen) atoms. The first-order valence-corrected chi connectivity index (χ1v) is 4.36. The molecule has 0 fully saturated rings. The van der Waals surface area contributed by atoms with Crippen molar-refractivity contribution in [2.24, 2.45) is 0 Å². The topological polar surface area (TPSA) is 77.8 Å². The third kappa shape index (κ3) is 1.17. The molecule has 74 valence electrons. The van der Waals surface area contributed by atoms with Crippen LogP contribution in [0, 0.1) is 0 Å². The highest BCUT2D eigenvalue weighted by molar-refractivity contribution is 5.93. The Bertz CT molecular complexity index is 269. The lowest BCUT2D eigenvalue weighted by molar-refractivity contribution is -0.141. The van der Waals surface area contributed by atoms with Crippen LogP contribution in [-0.2, 0) is 4.79 Å². The van der Waals surface area contributed by atoms with Gasteiger partial charge in [0, 0.05) is 0 Å². The molecule has 0 radical (unpaired) electrons. The van der Waals surface area contributed by atoms with Gasteiger partial charge in [0.1, 0.15) is 11.7 Å². The third-order valence-electron chi connectivity index (χ3n) is 2.67. The SMILES string of the molecule is CCC1=C(C(=O)O)C(O)(CC)C1O. The van der Waals surface area contributed by atoms with Gasteiger partial charge in [-0.2, -0.15) is 0 Å². The van der Waals surface area contributed by atoms with Crippen LogP contribution >= 0.6 is 0 Å². The van der Waals surface area contributed by atoms with Crippen LogP contribution in [0.15, 0.2) is 11.1 Å². The zero-order valence-electron chi connectivity index (χ0n) is 7.74. The molecule has 4 nitrogen and oxygen atoms in total. The van der Waals surface area contributed by atoms with E-state index in [2.05, 4.69) is 0 Å². The van der Waals surface area contributed by atoms with E-state index < -0.39 is 17.7 Å². The van der Waals surface area contributed by atoms with Crippen LogP contribution in [0.3, 0.4) is 0 Å². The van der Waals surface area contributed by atoms with Gasteiger partial charge in [0.25, 0.3) is 0 Å². The van der Waals surface area contributed by atoms with Gasteiger partial charge in [-0.1, -0.05) is 13.8 Å². The first-order chi connectivity index (χ1) is 5.99. The second-order valence-corrected chi connectivity index (χ2v) is 3.24. The number of carboxylic acids is 1. The Morgan fingerprint density at radius 1 is 1.54 bits per heavy atom. The van der Waals surface area contributed by atoms with E-state index in [-0.39, 0.29) is 12.0 Å². The van der Waals surface area contributed by atoms with Gasteiger partial charge in [-0.05, 0) is 18.4 Å². The molecule has 0 aromatic carbocycles. The number of rotatable bonds is 3. The van der Waals surface area contributed by atoms with E-state index >= 15 is 0 Å². The van der Waals surface area contributed by atoms with E-state index in [0.717, 1.165) is 0 Å². The summed E-state index contributed by atoms with van der Waals surface area (Å²) in [6.07, 6.45) is -0.321. The summed E-state index contributed by atoms with van der Waals surface area (Å²) in [5, 5.41) is 28.0. The smallest absolute Gasteiger partial charge is 0.334 e. The lowest BCUT2D eigenvalue weighted by Gasteiger charge is -2.44. The predicted molar refractivity (Wildman–Crippen MR) is 46.2 cm³/mol. The Balaban J connectivity index is 3.09. The second kappa shape index (κ2) is 3.12. The summed E-state index contributed by atoms with van der Waals surface area (Å²) < 4.78 is 0. The summed E-state index contributed by atoms with van der Waals surface area (Å²) >= 11 is 0. The molecule has 0 heterocycles. The summed E-state index contributed by atoms with van der Waals surface area (Å²) in [5.41, 5.74) is -1.11. The number of carboxylic acid groups (broad SMARTS) is 1. The summed E-state index contributed by atoms with van der Waals surface area (Å²) in [5.74, 6) is -1.13. The van der Waals surface area contributed by atoms with Gasteiger partial charge in [-0.3, -0.25) is 0 Å². The van der Waals surface area contributed by atoms with Gasteiger partial charge in [0.05, 0.1) is 5.57 Å². The van der Waals surface area contributed by atoms with Crippen LogP contribution in [-0.4, -0.2) is 33.0 Å². The molecule has 0 saturated carbocycles. The van der Waals surface area contributed by atoms with Crippen LogP contribution in [0.1, 0.15) is 26.7 Å². The van der Waals surface area contributed by atoms with Gasteiger partial charge in [0.2, 0.25) is 0 Å². The quantitative estimate of drug-likeness (QED) is 0.592. The standard InChI is InChI=1S/C9H14O4/c1-3-5-6(8(11)12)9(13,4-2)7(5)10/h7,10,13H,3-4H2,1-2H3,(H,11,12). The van der Waals surface area contributed by atoms with E-state index in [0.29, 0.717) is 12.0 Å². The molecule has 1 aliphatic rings. The minimum atomic E-state index is -1.53. The minimum absolute atomic E-state index is 0.0231. The maximum atomic E-state index is 10.7. The molecule has 0 aromatic rings. The number of hydrogen-bond acceptors (Lipinski definition) is 3. The molecule has 4 heteroatoms. The molecule has 0 aromatic heterocycles. The van der Waals surface area contributed by atoms with Crippen molar-refractivity contribution < 1.29 is 20.1 Å². The molecule has 2 atom stereocenters. The highest BCUT2D eigenvalue weighted by Gasteiger charge is 2.53. The van der Waals surface area contributed by atoms with Gasteiger partial charge < -0.3 is 15.3 Å². The molecule has 1 aliphatic carbocycles. The van der Waals surface area contributed by atoms with E-state index in [9.17, 15) is 15.0 Å². The maximum absolute atomic E-state index is 10.7. The van der Waals surface area contributed by atoms with Crippen molar-refractivity contribution in [2.75, 3.05) is 0 Å². The van der Waals surface area contributed by atoms with Crippen LogP contribution in [0.2, 0.25) is 0 Å². The highest BCUT2D eigenvalue weighted by atomic mass is 16.4. The second-order valence-electron chi connectivity index (χ2n) is 3.24. The number of hydrogen-bond donors (Lipinski definition) is 3. The summed E-state index contributed by atoms with van der Waals surface area (Å²) in [7, 11) is 0. The zero-order chi connectivity index (χ0) is 10.2. The van der Waals surface area contributed by atoms with E-state index in [1.54, 1.807) is 13.8 Å². The van der Waals surface area contributed by atoms with E-state index in [4.69, 9.17) is 5.11 Å². The number of aliphatic carboxylic acids is 1. The Morgan fingerprint density at radius 3 is 2.38 bits per heavy atom. The summed E-state index contributed by atoms with van der Waals surface area (Å²) in [6.45, 7) is 3.41. The lowest BCUT2D eigenvalue weighted by atomic mass is 9.68. The Hall–Kier alpha value is -0.870. The van der Waals surface area contributed by atoms with Gasteiger partial charge in [-0.15, -0.1) is 0 Å². The Morgan fingerprint density at radius 2 is 2.08 bits per heavy atom. The van der Waals surface area contributed by atoms with Gasteiger partial charge in [-0.25, -0.2) is 4.79 Å². The molecule has 3 N–H and O–H groups in total. The Kier molecular flexibility index (Phi) is 2.45. The first-order valence-electron chi connectivity index (χ1n) is 4.36. The number of carbonyl (C=O) groups is 1. The molecule has 0 amide bonds. The van der Waals surface area contributed by atoms with Gasteiger partial charge in [0.15, 0.2) is 0 Å². The third-order valence-corrected chi connectivity index (χ3v) is 2.67. The van der Waals surface area contributed by atoms with Crippen LogP contribution in [0.5, 0.6) is 0 Å². The summed E-state index contributed by atoms with van der Waals surface area (Å²) in [4.78, 5) is 10.7. The van der Waals surface area contributed by atoms with E-state index in [1.807, 2.05) is 0 Å². The molecule has 0 spiro atoms. The molecular formula is C9H14O4. The number of aliphatic hydroxyl groups excluding tert-OH is 1. The largest absolute Gasteiger partial charge is 0.478 e. The molecule has 0 aliphatic heterocycles. The fourth-order valence-corrected chi connectivity index (χ4v) is 1.82. The maximum Gasteiger partial charge on any atom is 0.334 e. The van der Waals surface area contributed by atoms with Crippen molar-refractivity contribution in [2.45, 2.75) is 38.4 Å². The van der Waals surface area contributed by atoms with Crippen molar-refractivity contribution >= 4 is 5.97 Å². The van der Waals surface area contributed by atoms with Gasteiger partial charge >= 0.3 is 5.97 Å².